The third-order valence-electron chi connectivity index (χ3n) is 3.74. The van der Waals surface area contributed by atoms with Crippen LogP contribution in [0.5, 0.6) is 0 Å². The van der Waals surface area contributed by atoms with Crippen LogP contribution in [0, 0.1) is 11.8 Å². The number of likely N-dealkylation sites (N-methyl/N-ethyl adjacent to an activating group) is 1. The largest absolute Gasteiger partial charge is 0.379 e. The molecule has 0 aromatic carbocycles. The van der Waals surface area contributed by atoms with Crippen LogP contribution in [0.3, 0.4) is 0 Å². The maximum Gasteiger partial charge on any atom is 0.224 e. The van der Waals surface area contributed by atoms with Crippen molar-refractivity contribution in [3.05, 3.63) is 0 Å². The van der Waals surface area contributed by atoms with Crippen LogP contribution in [0.1, 0.15) is 53.4 Å². The molecule has 0 radical (unpaired) electrons. The Morgan fingerprint density at radius 2 is 1.48 bits per heavy atom. The predicted molar refractivity (Wildman–Crippen MR) is 94.2 cm³/mol. The van der Waals surface area contributed by atoms with Crippen LogP contribution in [0.2, 0.25) is 0 Å². The lowest BCUT2D eigenvalue weighted by molar-refractivity contribution is -0.133. The molecule has 0 atom stereocenters. The van der Waals surface area contributed by atoms with Crippen molar-refractivity contribution >= 4 is 11.8 Å². The van der Waals surface area contributed by atoms with Gasteiger partial charge in [0.25, 0.3) is 0 Å². The van der Waals surface area contributed by atoms with Crippen molar-refractivity contribution in [3.63, 3.8) is 0 Å². The summed E-state index contributed by atoms with van der Waals surface area (Å²) < 4.78 is 5.48. The number of hydrogen-bond donors (Lipinski definition) is 0. The minimum absolute atomic E-state index is 0.123. The minimum Gasteiger partial charge on any atom is -0.379 e. The van der Waals surface area contributed by atoms with Crippen LogP contribution in [0.15, 0.2) is 0 Å². The Balaban J connectivity index is 3.70. The second-order valence-corrected chi connectivity index (χ2v) is 7.13. The van der Waals surface area contributed by atoms with Gasteiger partial charge in [-0.1, -0.05) is 27.7 Å². The van der Waals surface area contributed by atoms with Gasteiger partial charge in [-0.2, -0.15) is 0 Å². The molecule has 0 heterocycles. The number of ether oxygens (including phenoxy) is 1. The Bertz CT molecular complexity index is 343. The summed E-state index contributed by atoms with van der Waals surface area (Å²) in [4.78, 5) is 27.2. The maximum atomic E-state index is 11.9. The van der Waals surface area contributed by atoms with E-state index in [-0.39, 0.29) is 11.8 Å². The van der Waals surface area contributed by atoms with Crippen molar-refractivity contribution in [2.45, 2.75) is 53.4 Å². The van der Waals surface area contributed by atoms with Gasteiger partial charge in [-0.25, -0.2) is 0 Å². The molecule has 0 bridgehead atoms. The van der Waals surface area contributed by atoms with Crippen molar-refractivity contribution in [2.24, 2.45) is 11.8 Å². The van der Waals surface area contributed by atoms with E-state index in [2.05, 4.69) is 13.8 Å². The van der Waals surface area contributed by atoms with Gasteiger partial charge in [0.05, 0.1) is 19.6 Å². The highest BCUT2D eigenvalue weighted by molar-refractivity contribution is 5.76. The van der Waals surface area contributed by atoms with E-state index in [1.54, 1.807) is 16.8 Å². The van der Waals surface area contributed by atoms with E-state index in [0.29, 0.717) is 44.4 Å². The zero-order valence-electron chi connectivity index (χ0n) is 15.9. The fourth-order valence-electron chi connectivity index (χ4n) is 2.15. The number of hydrogen-bond acceptors (Lipinski definition) is 3. The molecule has 0 rings (SSSR count). The molecule has 5 nitrogen and oxygen atoms in total. The zero-order chi connectivity index (χ0) is 17.8. The molecule has 0 spiro atoms. The lowest BCUT2D eigenvalue weighted by Crippen LogP contribution is -2.31. The highest BCUT2D eigenvalue weighted by atomic mass is 16.5. The van der Waals surface area contributed by atoms with Crippen LogP contribution in [0.25, 0.3) is 0 Å². The Morgan fingerprint density at radius 1 is 0.870 bits per heavy atom. The van der Waals surface area contributed by atoms with Gasteiger partial charge in [0.15, 0.2) is 0 Å². The molecule has 5 heteroatoms. The lowest BCUT2D eigenvalue weighted by Gasteiger charge is -2.19. The fraction of sp³-hybridized carbons (Fsp3) is 0.889. The molecule has 0 aliphatic carbocycles. The smallest absolute Gasteiger partial charge is 0.224 e. The van der Waals surface area contributed by atoms with Crippen LogP contribution < -0.4 is 0 Å². The van der Waals surface area contributed by atoms with Gasteiger partial charge >= 0.3 is 0 Å². The molecule has 0 unspecified atom stereocenters. The highest BCUT2D eigenvalue weighted by Gasteiger charge is 2.11. The number of carbonyl (C=O) groups excluding carboxylic acids is 2. The second-order valence-electron chi connectivity index (χ2n) is 7.13. The first-order valence-corrected chi connectivity index (χ1v) is 8.79. The maximum absolute atomic E-state index is 11.9. The summed E-state index contributed by atoms with van der Waals surface area (Å²) in [6.45, 7) is 10.7. The molecular weight excluding hydrogens is 292 g/mol. The number of carbonyl (C=O) groups is 2. The number of nitrogens with zero attached hydrogens (tertiary/aromatic N) is 2. The second kappa shape index (κ2) is 12.3. The van der Waals surface area contributed by atoms with Crippen LogP contribution >= 0.6 is 0 Å². The minimum atomic E-state index is 0.123. The predicted octanol–water partition coefficient (Wildman–Crippen LogP) is 2.79. The summed E-state index contributed by atoms with van der Waals surface area (Å²) in [5.41, 5.74) is 0. The van der Waals surface area contributed by atoms with Crippen molar-refractivity contribution in [2.75, 3.05) is 40.4 Å². The fourth-order valence-corrected chi connectivity index (χ4v) is 2.15. The molecule has 0 fully saturated rings. The van der Waals surface area contributed by atoms with Gasteiger partial charge < -0.3 is 14.5 Å². The average molecular weight is 328 g/mol. The topological polar surface area (TPSA) is 49.9 Å². The first kappa shape index (κ1) is 21.9. The molecule has 0 aromatic rings. The van der Waals surface area contributed by atoms with E-state index in [1.165, 1.54) is 0 Å². The Morgan fingerprint density at radius 3 is 2.04 bits per heavy atom. The van der Waals surface area contributed by atoms with E-state index >= 15 is 0 Å². The van der Waals surface area contributed by atoms with E-state index in [4.69, 9.17) is 4.74 Å². The number of rotatable bonds is 12. The van der Waals surface area contributed by atoms with Gasteiger partial charge in [-0.3, -0.25) is 9.59 Å². The number of amides is 2. The Kier molecular flexibility index (Phi) is 11.7. The summed E-state index contributed by atoms with van der Waals surface area (Å²) >= 11 is 0. The summed E-state index contributed by atoms with van der Waals surface area (Å²) in [6, 6.07) is 0. The SMILES string of the molecule is CC(C)CCCN(C)C(=O)CCOCCN(C)C(=O)CC(C)C. The monoisotopic (exact) mass is 328 g/mol. The summed E-state index contributed by atoms with van der Waals surface area (Å²) in [6.07, 6.45) is 3.16. The molecule has 0 aromatic heterocycles. The molecule has 0 N–H and O–H groups in total. The van der Waals surface area contributed by atoms with Crippen molar-refractivity contribution in [3.8, 4) is 0 Å². The van der Waals surface area contributed by atoms with Crippen LogP contribution in [-0.2, 0) is 14.3 Å². The molecule has 0 saturated heterocycles. The van der Waals surface area contributed by atoms with Crippen molar-refractivity contribution < 1.29 is 14.3 Å². The summed E-state index contributed by atoms with van der Waals surface area (Å²) in [7, 11) is 3.64. The quantitative estimate of drug-likeness (QED) is 0.518. The lowest BCUT2D eigenvalue weighted by atomic mass is 10.1. The van der Waals surface area contributed by atoms with Gasteiger partial charge in [-0.05, 0) is 24.7 Å². The molecule has 2 amide bonds. The van der Waals surface area contributed by atoms with Gasteiger partial charge in [0, 0.05) is 33.6 Å². The van der Waals surface area contributed by atoms with Crippen molar-refractivity contribution in [1.82, 2.24) is 9.80 Å². The zero-order valence-corrected chi connectivity index (χ0v) is 15.9. The van der Waals surface area contributed by atoms with Crippen molar-refractivity contribution in [1.29, 1.82) is 0 Å². The highest BCUT2D eigenvalue weighted by Crippen LogP contribution is 2.05. The summed E-state index contributed by atoms with van der Waals surface area (Å²) in [5.74, 6) is 1.31. The van der Waals surface area contributed by atoms with Gasteiger partial charge in [-0.15, -0.1) is 0 Å². The normalized spacial score (nSPS) is 11.1. The van der Waals surface area contributed by atoms with E-state index in [9.17, 15) is 9.59 Å². The third kappa shape index (κ3) is 12.0. The molecule has 0 saturated carbocycles. The molecular formula is C18H36N2O3. The first-order valence-electron chi connectivity index (χ1n) is 8.79. The summed E-state index contributed by atoms with van der Waals surface area (Å²) in [5, 5.41) is 0. The van der Waals surface area contributed by atoms with E-state index < -0.39 is 0 Å². The van der Waals surface area contributed by atoms with Gasteiger partial charge in [0.1, 0.15) is 0 Å². The average Bonchev–Trinajstić information content (AvgIpc) is 2.45. The van der Waals surface area contributed by atoms with Gasteiger partial charge in [0.2, 0.25) is 11.8 Å². The molecule has 0 aliphatic heterocycles. The molecule has 23 heavy (non-hydrogen) atoms. The molecule has 0 aliphatic rings. The Hall–Kier alpha value is -1.10. The van der Waals surface area contributed by atoms with Crippen LogP contribution in [0.4, 0.5) is 0 Å². The standard InChI is InChI=1S/C18H36N2O3/c1-15(2)8-7-10-19(5)17(21)9-12-23-13-11-20(6)18(22)14-16(3)4/h15-16H,7-14H2,1-6H3. The van der Waals surface area contributed by atoms with E-state index in [1.807, 2.05) is 20.9 Å². The van der Waals surface area contributed by atoms with Crippen LogP contribution in [-0.4, -0.2) is 62.0 Å². The van der Waals surface area contributed by atoms with E-state index in [0.717, 1.165) is 19.4 Å². The first-order chi connectivity index (χ1) is 10.7. The third-order valence-corrected chi connectivity index (χ3v) is 3.74. The Labute approximate surface area is 142 Å². The molecule has 136 valence electrons.